The summed E-state index contributed by atoms with van der Waals surface area (Å²) in [5.74, 6) is 0. The van der Waals surface area contributed by atoms with Crippen LogP contribution < -0.4 is 5.32 Å². The van der Waals surface area contributed by atoms with Crippen LogP contribution in [-0.2, 0) is 4.74 Å². The van der Waals surface area contributed by atoms with E-state index in [9.17, 15) is 0 Å². The van der Waals surface area contributed by atoms with Crippen molar-refractivity contribution in [3.05, 3.63) is 0 Å². The number of piperazine rings is 1. The Balaban J connectivity index is 1.87. The average Bonchev–Trinajstić information content (AvgIpc) is 2.90. The molecule has 2 aliphatic heterocycles. The summed E-state index contributed by atoms with van der Waals surface area (Å²) in [5.41, 5.74) is 0.351. The normalized spacial score (nSPS) is 32.9. The summed E-state index contributed by atoms with van der Waals surface area (Å²) >= 11 is 0. The van der Waals surface area contributed by atoms with E-state index in [1.807, 2.05) is 0 Å². The molecule has 1 N–H and O–H groups in total. The van der Waals surface area contributed by atoms with E-state index in [0.717, 1.165) is 32.3 Å². The zero-order valence-electron chi connectivity index (χ0n) is 13.7. The Morgan fingerprint density at radius 3 is 2.80 bits per heavy atom. The lowest BCUT2D eigenvalue weighted by Crippen LogP contribution is -2.55. The van der Waals surface area contributed by atoms with Crippen molar-refractivity contribution in [3.63, 3.8) is 0 Å². The van der Waals surface area contributed by atoms with Gasteiger partial charge in [0.25, 0.3) is 0 Å². The van der Waals surface area contributed by atoms with Crippen molar-refractivity contribution < 1.29 is 4.74 Å². The lowest BCUT2D eigenvalue weighted by molar-refractivity contribution is 0.0491. The van der Waals surface area contributed by atoms with Gasteiger partial charge in [-0.05, 0) is 32.9 Å². The van der Waals surface area contributed by atoms with Crippen LogP contribution >= 0.6 is 0 Å². The van der Waals surface area contributed by atoms with Crippen LogP contribution in [0.5, 0.6) is 0 Å². The second-order valence-corrected chi connectivity index (χ2v) is 6.76. The quantitative estimate of drug-likeness (QED) is 0.715. The summed E-state index contributed by atoms with van der Waals surface area (Å²) in [7, 11) is 2.27. The van der Waals surface area contributed by atoms with Crippen molar-refractivity contribution >= 4 is 0 Å². The number of likely N-dealkylation sites (N-methyl/N-ethyl adjacent to an activating group) is 1. The predicted molar refractivity (Wildman–Crippen MR) is 84.2 cm³/mol. The predicted octanol–water partition coefficient (Wildman–Crippen LogP) is 1.42. The van der Waals surface area contributed by atoms with Gasteiger partial charge in [0.2, 0.25) is 0 Å². The lowest BCUT2D eigenvalue weighted by atomic mass is 9.86. The van der Waals surface area contributed by atoms with Crippen molar-refractivity contribution in [2.75, 3.05) is 59.5 Å². The van der Waals surface area contributed by atoms with E-state index in [0.29, 0.717) is 5.41 Å². The van der Waals surface area contributed by atoms with Gasteiger partial charge in [-0.2, -0.15) is 0 Å². The second kappa shape index (κ2) is 7.74. The fourth-order valence-electron chi connectivity index (χ4n) is 3.57. The van der Waals surface area contributed by atoms with Gasteiger partial charge >= 0.3 is 0 Å². The molecular formula is C16H33N3O. The molecule has 4 heteroatoms. The minimum atomic E-state index is 0.351. The molecule has 0 aromatic rings. The fraction of sp³-hybridized carbons (Fsp3) is 1.00. The summed E-state index contributed by atoms with van der Waals surface area (Å²) in [6.07, 6.45) is 3.68. The second-order valence-electron chi connectivity index (χ2n) is 6.76. The molecule has 4 nitrogen and oxygen atoms in total. The highest BCUT2D eigenvalue weighted by atomic mass is 16.5. The van der Waals surface area contributed by atoms with Crippen LogP contribution in [0.15, 0.2) is 0 Å². The summed E-state index contributed by atoms with van der Waals surface area (Å²) < 4.78 is 5.73. The fourth-order valence-corrected chi connectivity index (χ4v) is 3.57. The molecule has 0 radical (unpaired) electrons. The van der Waals surface area contributed by atoms with E-state index in [1.54, 1.807) is 0 Å². The zero-order valence-corrected chi connectivity index (χ0v) is 13.7. The van der Waals surface area contributed by atoms with Gasteiger partial charge in [-0.15, -0.1) is 0 Å². The van der Waals surface area contributed by atoms with Crippen LogP contribution in [-0.4, -0.2) is 75.4 Å². The third kappa shape index (κ3) is 4.17. The van der Waals surface area contributed by atoms with E-state index in [2.05, 4.69) is 36.0 Å². The van der Waals surface area contributed by atoms with Crippen molar-refractivity contribution in [2.24, 2.45) is 5.41 Å². The molecule has 0 bridgehead atoms. The maximum absolute atomic E-state index is 5.73. The van der Waals surface area contributed by atoms with E-state index >= 15 is 0 Å². The number of hydrogen-bond acceptors (Lipinski definition) is 4. The van der Waals surface area contributed by atoms with Crippen LogP contribution in [0.1, 0.15) is 33.1 Å². The Bertz CT molecular complexity index is 279. The first kappa shape index (κ1) is 16.2. The first-order valence-corrected chi connectivity index (χ1v) is 8.40. The molecule has 2 heterocycles. The summed E-state index contributed by atoms with van der Waals surface area (Å²) in [5, 5.41) is 3.62. The van der Waals surface area contributed by atoms with E-state index < -0.39 is 0 Å². The molecular weight excluding hydrogens is 250 g/mol. The molecule has 2 saturated heterocycles. The number of nitrogens with zero attached hydrogens (tertiary/aromatic N) is 2. The van der Waals surface area contributed by atoms with Crippen LogP contribution in [0.3, 0.4) is 0 Å². The van der Waals surface area contributed by atoms with E-state index in [-0.39, 0.29) is 0 Å². The number of hydrogen-bond donors (Lipinski definition) is 1. The molecule has 0 saturated carbocycles. The highest BCUT2D eigenvalue weighted by Gasteiger charge is 2.37. The molecule has 2 aliphatic rings. The minimum absolute atomic E-state index is 0.351. The van der Waals surface area contributed by atoms with Gasteiger partial charge in [-0.25, -0.2) is 0 Å². The van der Waals surface area contributed by atoms with Crippen molar-refractivity contribution in [3.8, 4) is 0 Å². The maximum Gasteiger partial charge on any atom is 0.0547 e. The number of ether oxygens (including phenoxy) is 1. The smallest absolute Gasteiger partial charge is 0.0547 e. The van der Waals surface area contributed by atoms with Gasteiger partial charge in [-0.1, -0.05) is 13.8 Å². The van der Waals surface area contributed by atoms with Gasteiger partial charge in [0.15, 0.2) is 0 Å². The highest BCUT2D eigenvalue weighted by Crippen LogP contribution is 2.30. The van der Waals surface area contributed by atoms with Gasteiger partial charge in [0.05, 0.1) is 6.61 Å². The standard InChI is InChI=1S/C16H33N3O/c1-4-7-17-12-16(6-10-20-14-16)13-19-9-8-18(3)15(5-2)11-19/h15,17H,4-14H2,1-3H3. The van der Waals surface area contributed by atoms with E-state index in [1.165, 1.54) is 45.4 Å². The van der Waals surface area contributed by atoms with Crippen molar-refractivity contribution in [1.82, 2.24) is 15.1 Å². The number of rotatable bonds is 7. The molecule has 2 fully saturated rings. The largest absolute Gasteiger partial charge is 0.381 e. The van der Waals surface area contributed by atoms with Gasteiger partial charge < -0.3 is 15.0 Å². The van der Waals surface area contributed by atoms with Crippen LogP contribution in [0, 0.1) is 5.41 Å². The minimum Gasteiger partial charge on any atom is -0.381 e. The summed E-state index contributed by atoms with van der Waals surface area (Å²) in [4.78, 5) is 5.19. The summed E-state index contributed by atoms with van der Waals surface area (Å²) in [6.45, 7) is 13.5. The average molecular weight is 283 g/mol. The Morgan fingerprint density at radius 1 is 1.30 bits per heavy atom. The van der Waals surface area contributed by atoms with Crippen LogP contribution in [0.4, 0.5) is 0 Å². The molecule has 2 unspecified atom stereocenters. The molecule has 2 atom stereocenters. The monoisotopic (exact) mass is 283 g/mol. The first-order chi connectivity index (χ1) is 9.69. The molecule has 2 rings (SSSR count). The molecule has 118 valence electrons. The summed E-state index contributed by atoms with van der Waals surface area (Å²) in [6, 6.07) is 0.728. The molecule has 0 aliphatic carbocycles. The molecule has 0 aromatic carbocycles. The third-order valence-electron chi connectivity index (χ3n) is 5.00. The number of nitrogens with one attached hydrogen (secondary N) is 1. The van der Waals surface area contributed by atoms with Gasteiger partial charge in [0, 0.05) is 50.8 Å². The molecule has 0 spiro atoms. The topological polar surface area (TPSA) is 27.7 Å². The van der Waals surface area contributed by atoms with Crippen molar-refractivity contribution in [2.45, 2.75) is 39.2 Å². The maximum atomic E-state index is 5.73. The van der Waals surface area contributed by atoms with Crippen molar-refractivity contribution in [1.29, 1.82) is 0 Å². The lowest BCUT2D eigenvalue weighted by Gasteiger charge is -2.43. The van der Waals surface area contributed by atoms with E-state index in [4.69, 9.17) is 4.74 Å². The van der Waals surface area contributed by atoms with Gasteiger partial charge in [-0.3, -0.25) is 4.90 Å². The molecule has 20 heavy (non-hydrogen) atoms. The van der Waals surface area contributed by atoms with Crippen LogP contribution in [0.2, 0.25) is 0 Å². The highest BCUT2D eigenvalue weighted by molar-refractivity contribution is 4.91. The Hall–Kier alpha value is -0.160. The molecule has 0 aromatic heterocycles. The third-order valence-corrected chi connectivity index (χ3v) is 5.00. The van der Waals surface area contributed by atoms with Gasteiger partial charge in [0.1, 0.15) is 0 Å². The van der Waals surface area contributed by atoms with Crippen LogP contribution in [0.25, 0.3) is 0 Å². The Labute approximate surface area is 124 Å². The Morgan fingerprint density at radius 2 is 2.15 bits per heavy atom. The first-order valence-electron chi connectivity index (χ1n) is 8.40. The Kier molecular flexibility index (Phi) is 6.27. The molecule has 0 amide bonds. The SMILES string of the molecule is CCCNCC1(CN2CCN(C)C(CC)C2)CCOC1. The zero-order chi connectivity index (χ0) is 14.4.